The highest BCUT2D eigenvalue weighted by atomic mass is 32.1. The van der Waals surface area contributed by atoms with Crippen molar-refractivity contribution in [3.63, 3.8) is 0 Å². The summed E-state index contributed by atoms with van der Waals surface area (Å²) < 4.78 is 16.4. The van der Waals surface area contributed by atoms with Crippen LogP contribution in [0.2, 0.25) is 0 Å². The number of nitrogens with zero attached hydrogens (tertiary/aromatic N) is 4. The lowest BCUT2D eigenvalue weighted by atomic mass is 9.97. The van der Waals surface area contributed by atoms with Crippen molar-refractivity contribution in [2.24, 2.45) is 0 Å². The molecule has 27 heavy (non-hydrogen) atoms. The topological polar surface area (TPSA) is 75.9 Å². The Hall–Kier alpha value is -2.58. The van der Waals surface area contributed by atoms with Crippen LogP contribution in [-0.4, -0.2) is 43.1 Å². The van der Waals surface area contributed by atoms with Crippen molar-refractivity contribution in [3.05, 3.63) is 47.5 Å². The van der Waals surface area contributed by atoms with E-state index in [9.17, 15) is 9.50 Å². The number of halogens is 1. The fourth-order valence-corrected chi connectivity index (χ4v) is 4.72. The third-order valence-electron chi connectivity index (χ3n) is 5.23. The molecule has 1 aromatic carbocycles. The Kier molecular flexibility index (Phi) is 4.02. The molecule has 0 saturated carbocycles. The first-order valence-corrected chi connectivity index (χ1v) is 9.75. The first-order chi connectivity index (χ1) is 13.2. The Morgan fingerprint density at radius 2 is 2.22 bits per heavy atom. The molecule has 2 fully saturated rings. The van der Waals surface area contributed by atoms with Crippen LogP contribution in [0.5, 0.6) is 5.75 Å². The largest absolute Gasteiger partial charge is 0.507 e. The molecule has 2 aliphatic rings. The van der Waals surface area contributed by atoms with Gasteiger partial charge in [0.2, 0.25) is 0 Å². The molecule has 5 rings (SSSR count). The second-order valence-corrected chi connectivity index (χ2v) is 8.00. The lowest BCUT2D eigenvalue weighted by molar-refractivity contribution is 0.270. The van der Waals surface area contributed by atoms with Gasteiger partial charge in [0.1, 0.15) is 16.9 Å². The van der Waals surface area contributed by atoms with E-state index in [1.165, 1.54) is 11.3 Å². The number of hydrogen-bond acceptors (Lipinski definition) is 6. The van der Waals surface area contributed by atoms with Crippen LogP contribution in [0.25, 0.3) is 22.3 Å². The monoisotopic (exact) mass is 383 g/mol. The van der Waals surface area contributed by atoms with Gasteiger partial charge in [-0.15, -0.1) is 10.2 Å². The zero-order valence-electron chi connectivity index (χ0n) is 14.4. The molecule has 0 unspecified atom stereocenters. The summed E-state index contributed by atoms with van der Waals surface area (Å²) in [7, 11) is 0. The van der Waals surface area contributed by atoms with Gasteiger partial charge in [0.05, 0.1) is 17.6 Å². The van der Waals surface area contributed by atoms with E-state index < -0.39 is 6.17 Å². The molecule has 2 aromatic heterocycles. The van der Waals surface area contributed by atoms with E-state index in [1.54, 1.807) is 18.6 Å². The summed E-state index contributed by atoms with van der Waals surface area (Å²) in [4.78, 5) is 4.01. The number of phenols is 1. The Bertz CT molecular complexity index is 999. The summed E-state index contributed by atoms with van der Waals surface area (Å²) in [5, 5.41) is 23.4. The average Bonchev–Trinajstić information content (AvgIpc) is 3.41. The number of nitrogens with one attached hydrogen (secondary N) is 1. The third kappa shape index (κ3) is 3.04. The van der Waals surface area contributed by atoms with Crippen LogP contribution < -0.4 is 5.32 Å². The number of fused-ring (bicyclic) bond motifs is 2. The van der Waals surface area contributed by atoms with Crippen LogP contribution in [0.4, 0.5) is 4.39 Å². The summed E-state index contributed by atoms with van der Waals surface area (Å²) in [5.74, 6) is 0.125. The number of aromatic hydroxyl groups is 1. The smallest absolute Gasteiger partial charge is 0.151 e. The zero-order valence-corrected chi connectivity index (χ0v) is 15.2. The second-order valence-electron chi connectivity index (χ2n) is 6.99. The van der Waals surface area contributed by atoms with E-state index in [2.05, 4.69) is 20.5 Å². The maximum atomic E-state index is 14.6. The average molecular weight is 383 g/mol. The van der Waals surface area contributed by atoms with Gasteiger partial charge in [-0.1, -0.05) is 11.3 Å². The molecule has 2 saturated heterocycles. The molecular formula is C19H18FN5OS. The van der Waals surface area contributed by atoms with E-state index in [0.717, 1.165) is 30.5 Å². The minimum atomic E-state index is -0.959. The van der Waals surface area contributed by atoms with Gasteiger partial charge in [0.25, 0.3) is 0 Å². The normalized spacial score (nSPS) is 26.0. The molecule has 3 aromatic rings. The van der Waals surface area contributed by atoms with Crippen molar-refractivity contribution >= 4 is 17.4 Å². The molecule has 6 nitrogen and oxygen atoms in total. The Balaban J connectivity index is 1.42. The highest BCUT2D eigenvalue weighted by Crippen LogP contribution is 2.36. The first kappa shape index (κ1) is 16.6. The molecule has 8 heteroatoms. The predicted octanol–water partition coefficient (Wildman–Crippen LogP) is 3.34. The molecule has 138 valence electrons. The molecule has 2 N–H and O–H groups in total. The zero-order chi connectivity index (χ0) is 18.4. The van der Waals surface area contributed by atoms with Gasteiger partial charge in [0, 0.05) is 30.5 Å². The second kappa shape index (κ2) is 6.54. The SMILES string of the molecule is Oc1cc(-n2ccnc2)ccc1-c1nnc(/C=C2/C[C@@H]3CC[C@@H](N3)[C@H]2F)s1. The van der Waals surface area contributed by atoms with E-state index in [0.29, 0.717) is 21.6 Å². The summed E-state index contributed by atoms with van der Waals surface area (Å²) in [6, 6.07) is 5.67. The summed E-state index contributed by atoms with van der Waals surface area (Å²) >= 11 is 1.36. The van der Waals surface area contributed by atoms with Gasteiger partial charge < -0.3 is 15.0 Å². The Labute approximate surface area is 159 Å². The minimum absolute atomic E-state index is 0.0674. The molecule has 3 atom stereocenters. The van der Waals surface area contributed by atoms with Crippen molar-refractivity contribution in [3.8, 4) is 22.0 Å². The summed E-state index contributed by atoms with van der Waals surface area (Å²) in [6.45, 7) is 0. The van der Waals surface area contributed by atoms with E-state index in [-0.39, 0.29) is 11.8 Å². The number of benzene rings is 1. The predicted molar refractivity (Wildman–Crippen MR) is 102 cm³/mol. The minimum Gasteiger partial charge on any atom is -0.507 e. The quantitative estimate of drug-likeness (QED) is 0.725. The molecule has 0 amide bonds. The molecular weight excluding hydrogens is 365 g/mol. The number of piperidine rings is 1. The number of phenolic OH excluding ortho intramolecular Hbond substituents is 1. The van der Waals surface area contributed by atoms with E-state index >= 15 is 0 Å². The maximum Gasteiger partial charge on any atom is 0.151 e. The van der Waals surface area contributed by atoms with Crippen LogP contribution in [-0.2, 0) is 0 Å². The third-order valence-corrected chi connectivity index (χ3v) is 6.13. The van der Waals surface area contributed by atoms with Gasteiger partial charge in [0.15, 0.2) is 5.01 Å². The number of imidazole rings is 1. The molecule has 4 heterocycles. The van der Waals surface area contributed by atoms with Crippen molar-refractivity contribution < 1.29 is 9.50 Å². The highest BCUT2D eigenvalue weighted by molar-refractivity contribution is 7.15. The van der Waals surface area contributed by atoms with Crippen molar-refractivity contribution in [1.29, 1.82) is 0 Å². The van der Waals surface area contributed by atoms with Crippen LogP contribution in [0, 0.1) is 0 Å². The number of hydrogen-bond donors (Lipinski definition) is 2. The number of rotatable bonds is 3. The van der Waals surface area contributed by atoms with Gasteiger partial charge in [-0.2, -0.15) is 0 Å². The van der Waals surface area contributed by atoms with Gasteiger partial charge in [-0.3, -0.25) is 0 Å². The molecule has 2 aliphatic heterocycles. The van der Waals surface area contributed by atoms with Crippen molar-refractivity contribution in [1.82, 2.24) is 25.1 Å². The fraction of sp³-hybridized carbons (Fsp3) is 0.316. The van der Waals surface area contributed by atoms with E-state index in [4.69, 9.17) is 0 Å². The van der Waals surface area contributed by atoms with Crippen LogP contribution in [0.1, 0.15) is 24.3 Å². The van der Waals surface area contributed by atoms with Gasteiger partial charge in [-0.25, -0.2) is 9.37 Å². The van der Waals surface area contributed by atoms with Crippen molar-refractivity contribution in [2.75, 3.05) is 0 Å². The molecule has 0 radical (unpaired) electrons. The molecule has 0 aliphatic carbocycles. The van der Waals surface area contributed by atoms with Crippen LogP contribution >= 0.6 is 11.3 Å². The van der Waals surface area contributed by atoms with E-state index in [1.807, 2.05) is 29.0 Å². The molecule has 0 spiro atoms. The summed E-state index contributed by atoms with van der Waals surface area (Å²) in [6.07, 6.45) is 8.67. The Morgan fingerprint density at radius 3 is 3.04 bits per heavy atom. The fourth-order valence-electron chi connectivity index (χ4n) is 3.87. The Morgan fingerprint density at radius 1 is 1.30 bits per heavy atom. The first-order valence-electron chi connectivity index (χ1n) is 8.93. The number of alkyl halides is 1. The lowest BCUT2D eigenvalue weighted by Gasteiger charge is -2.27. The highest BCUT2D eigenvalue weighted by Gasteiger charge is 2.38. The summed E-state index contributed by atoms with van der Waals surface area (Å²) in [5.41, 5.74) is 2.22. The lowest BCUT2D eigenvalue weighted by Crippen LogP contribution is -2.42. The molecule has 2 bridgehead atoms. The van der Waals surface area contributed by atoms with Gasteiger partial charge in [-0.05, 0) is 43.0 Å². The van der Waals surface area contributed by atoms with Crippen LogP contribution in [0.3, 0.4) is 0 Å². The maximum absolute atomic E-state index is 14.6. The standard InChI is InChI=1S/C19H18FN5OS/c20-18-11(7-12-1-4-15(18)22-12)8-17-23-24-19(27-17)14-3-2-13(9-16(14)26)25-6-5-21-10-25/h2-3,5-6,8-10,12,15,18,22,26H,1,4,7H2/b11-8-/t12-,15+,18-/m0/s1. The number of aromatic nitrogens is 4. The van der Waals surface area contributed by atoms with Crippen molar-refractivity contribution in [2.45, 2.75) is 37.5 Å². The van der Waals surface area contributed by atoms with Crippen LogP contribution in [0.15, 0.2) is 42.5 Å². The van der Waals surface area contributed by atoms with Gasteiger partial charge >= 0.3 is 0 Å².